The molecule has 3 aromatic rings. The van der Waals surface area contributed by atoms with Crippen LogP contribution < -0.4 is 15.1 Å². The number of nitrogens with zero attached hydrogens (tertiary/aromatic N) is 3. The maximum atomic E-state index is 14.5. The molecule has 3 amide bonds. The average molecular weight is 605 g/mol. The number of alkyl halides is 5. The topological polar surface area (TPSA) is 82.6 Å². The minimum absolute atomic E-state index is 0.0491. The van der Waals surface area contributed by atoms with Gasteiger partial charge in [0, 0.05) is 37.2 Å². The number of carbonyl (C=O) groups excluding carboxylic acids is 3. The van der Waals surface area contributed by atoms with E-state index in [1.807, 2.05) is 0 Å². The first-order valence-corrected chi connectivity index (χ1v) is 13.4. The standard InChI is InChI=1S/C30H26F6N4O3/c1-17-5-2-3-8-22(17)26(27(42)38-20-14-29(32,33)15-20)39(21-7-4-6-19(31)13-21)28(43)23-10-12-25(41)40(23)24-11-9-18(16-37-24)30(34,35)36/h2-9,11,13,16,20,23,26H,10,12,14-15H2,1H3,(H,38,42). The molecule has 1 saturated heterocycles. The Kier molecular flexibility index (Phi) is 7.93. The summed E-state index contributed by atoms with van der Waals surface area (Å²) in [5, 5.41) is 2.57. The number of pyridine rings is 1. The van der Waals surface area contributed by atoms with E-state index in [2.05, 4.69) is 10.3 Å². The third kappa shape index (κ3) is 6.20. The molecule has 7 nitrogen and oxygen atoms in total. The van der Waals surface area contributed by atoms with E-state index in [1.165, 1.54) is 12.1 Å². The summed E-state index contributed by atoms with van der Waals surface area (Å²) in [6.07, 6.45) is -5.51. The van der Waals surface area contributed by atoms with E-state index < -0.39 is 72.2 Å². The lowest BCUT2D eigenvalue weighted by molar-refractivity contribution is -0.138. The van der Waals surface area contributed by atoms with Crippen LogP contribution in [0.5, 0.6) is 0 Å². The lowest BCUT2D eigenvalue weighted by atomic mass is 9.87. The fraction of sp³-hybridized carbons (Fsp3) is 0.333. The highest BCUT2D eigenvalue weighted by Gasteiger charge is 2.48. The molecule has 2 heterocycles. The number of halogens is 6. The van der Waals surface area contributed by atoms with Gasteiger partial charge in [-0.15, -0.1) is 0 Å². The van der Waals surface area contributed by atoms with E-state index in [4.69, 9.17) is 0 Å². The molecule has 2 unspecified atom stereocenters. The zero-order valence-corrected chi connectivity index (χ0v) is 22.7. The summed E-state index contributed by atoms with van der Waals surface area (Å²) in [6.45, 7) is 1.68. The number of aromatic nitrogens is 1. The van der Waals surface area contributed by atoms with Crippen LogP contribution in [0.2, 0.25) is 0 Å². The summed E-state index contributed by atoms with van der Waals surface area (Å²) in [7, 11) is 0. The molecule has 226 valence electrons. The van der Waals surface area contributed by atoms with Gasteiger partial charge < -0.3 is 5.32 Å². The number of hydrogen-bond donors (Lipinski definition) is 1. The molecule has 2 aromatic carbocycles. The van der Waals surface area contributed by atoms with Crippen molar-refractivity contribution in [3.8, 4) is 0 Å². The van der Waals surface area contributed by atoms with Gasteiger partial charge in [0.25, 0.3) is 11.8 Å². The SMILES string of the molecule is Cc1ccccc1C(C(=O)NC1CC(F)(F)C1)N(C(=O)C1CCC(=O)N1c1ccc(C(F)(F)F)cn1)c1cccc(F)c1. The van der Waals surface area contributed by atoms with Crippen LogP contribution >= 0.6 is 0 Å². The molecule has 1 aromatic heterocycles. The van der Waals surface area contributed by atoms with Gasteiger partial charge in [-0.25, -0.2) is 18.2 Å². The van der Waals surface area contributed by atoms with Gasteiger partial charge in [0.15, 0.2) is 0 Å². The molecule has 1 N–H and O–H groups in total. The van der Waals surface area contributed by atoms with Crippen molar-refractivity contribution < 1.29 is 40.7 Å². The van der Waals surface area contributed by atoms with Crippen molar-refractivity contribution in [1.82, 2.24) is 10.3 Å². The number of aryl methyl sites for hydroxylation is 1. The normalized spacial score (nSPS) is 19.1. The minimum Gasteiger partial charge on any atom is -0.351 e. The van der Waals surface area contributed by atoms with Crippen LogP contribution in [-0.4, -0.2) is 40.7 Å². The molecule has 1 aliphatic heterocycles. The average Bonchev–Trinajstić information content (AvgIpc) is 3.31. The van der Waals surface area contributed by atoms with Crippen molar-refractivity contribution in [2.75, 3.05) is 9.80 Å². The molecule has 2 atom stereocenters. The molecular weight excluding hydrogens is 578 g/mol. The van der Waals surface area contributed by atoms with Crippen molar-refractivity contribution >= 4 is 29.2 Å². The second kappa shape index (κ2) is 11.3. The second-order valence-electron chi connectivity index (χ2n) is 10.6. The summed E-state index contributed by atoms with van der Waals surface area (Å²) in [5.41, 5.74) is -0.205. The van der Waals surface area contributed by atoms with Crippen LogP contribution in [0.4, 0.5) is 37.8 Å². The summed E-state index contributed by atoms with van der Waals surface area (Å²) in [6, 6.07) is 9.48. The van der Waals surface area contributed by atoms with Gasteiger partial charge in [0.2, 0.25) is 11.8 Å². The third-order valence-corrected chi connectivity index (χ3v) is 7.57. The van der Waals surface area contributed by atoms with E-state index in [-0.39, 0.29) is 24.3 Å². The summed E-state index contributed by atoms with van der Waals surface area (Å²) < 4.78 is 81.1. The fourth-order valence-electron chi connectivity index (χ4n) is 5.43. The fourth-order valence-corrected chi connectivity index (χ4v) is 5.43. The lowest BCUT2D eigenvalue weighted by Crippen LogP contribution is -2.56. The number of anilines is 2. The van der Waals surface area contributed by atoms with Gasteiger partial charge in [-0.2, -0.15) is 13.2 Å². The van der Waals surface area contributed by atoms with Gasteiger partial charge in [-0.05, 0) is 54.8 Å². The number of carbonyl (C=O) groups is 3. The van der Waals surface area contributed by atoms with Gasteiger partial charge in [0.05, 0.1) is 5.56 Å². The van der Waals surface area contributed by atoms with Gasteiger partial charge in [-0.3, -0.25) is 24.2 Å². The molecule has 0 bridgehead atoms. The smallest absolute Gasteiger partial charge is 0.351 e. The third-order valence-electron chi connectivity index (χ3n) is 7.57. The molecule has 1 saturated carbocycles. The monoisotopic (exact) mass is 604 g/mol. The molecule has 5 rings (SSSR count). The van der Waals surface area contributed by atoms with Crippen molar-refractivity contribution in [2.24, 2.45) is 0 Å². The van der Waals surface area contributed by atoms with Crippen LogP contribution in [0.1, 0.15) is 48.4 Å². The van der Waals surface area contributed by atoms with Crippen LogP contribution in [0.15, 0.2) is 66.9 Å². The molecule has 2 fully saturated rings. The van der Waals surface area contributed by atoms with E-state index in [1.54, 1.807) is 31.2 Å². The van der Waals surface area contributed by atoms with Crippen LogP contribution in [0.25, 0.3) is 0 Å². The van der Waals surface area contributed by atoms with Gasteiger partial charge >= 0.3 is 6.18 Å². The highest BCUT2D eigenvalue weighted by atomic mass is 19.4. The summed E-state index contributed by atoms with van der Waals surface area (Å²) >= 11 is 0. The first-order chi connectivity index (χ1) is 20.2. The van der Waals surface area contributed by atoms with E-state index in [9.17, 15) is 40.7 Å². The van der Waals surface area contributed by atoms with Crippen molar-refractivity contribution in [3.63, 3.8) is 0 Å². The lowest BCUT2D eigenvalue weighted by Gasteiger charge is -2.39. The maximum absolute atomic E-state index is 14.5. The number of amides is 3. The van der Waals surface area contributed by atoms with Gasteiger partial charge in [-0.1, -0.05) is 30.3 Å². The molecule has 0 radical (unpaired) electrons. The Morgan fingerprint density at radius 3 is 2.40 bits per heavy atom. The van der Waals surface area contributed by atoms with Crippen LogP contribution in [0.3, 0.4) is 0 Å². The van der Waals surface area contributed by atoms with Crippen molar-refractivity contribution in [1.29, 1.82) is 0 Å². The van der Waals surface area contributed by atoms with Crippen LogP contribution in [-0.2, 0) is 20.6 Å². The summed E-state index contributed by atoms with van der Waals surface area (Å²) in [4.78, 5) is 47.0. The predicted molar refractivity (Wildman–Crippen MR) is 144 cm³/mol. The minimum atomic E-state index is -4.68. The van der Waals surface area contributed by atoms with Crippen molar-refractivity contribution in [3.05, 3.63) is 89.4 Å². The van der Waals surface area contributed by atoms with Gasteiger partial charge in [0.1, 0.15) is 23.7 Å². The first kappa shape index (κ1) is 30.1. The Hall–Kier alpha value is -4.42. The Morgan fingerprint density at radius 2 is 1.79 bits per heavy atom. The second-order valence-corrected chi connectivity index (χ2v) is 10.6. The van der Waals surface area contributed by atoms with E-state index in [0.29, 0.717) is 17.3 Å². The zero-order valence-electron chi connectivity index (χ0n) is 22.7. The molecule has 13 heteroatoms. The van der Waals surface area contributed by atoms with Crippen molar-refractivity contribution in [2.45, 2.75) is 62.8 Å². The Morgan fingerprint density at radius 1 is 1.07 bits per heavy atom. The number of hydrogen-bond acceptors (Lipinski definition) is 4. The first-order valence-electron chi connectivity index (χ1n) is 13.4. The Labute approximate surface area is 242 Å². The summed E-state index contributed by atoms with van der Waals surface area (Å²) in [5.74, 6) is -6.09. The molecule has 0 spiro atoms. The Bertz CT molecular complexity index is 1540. The molecule has 43 heavy (non-hydrogen) atoms. The molecule has 1 aliphatic carbocycles. The maximum Gasteiger partial charge on any atom is 0.417 e. The quantitative estimate of drug-likeness (QED) is 0.350. The Balaban J connectivity index is 1.58. The molecular formula is C30H26F6N4O3. The number of rotatable bonds is 7. The largest absolute Gasteiger partial charge is 0.417 e. The predicted octanol–water partition coefficient (Wildman–Crippen LogP) is 5.73. The number of nitrogens with one attached hydrogen (secondary N) is 1. The van der Waals surface area contributed by atoms with E-state index >= 15 is 0 Å². The van der Waals surface area contributed by atoms with Crippen LogP contribution in [0, 0.1) is 12.7 Å². The van der Waals surface area contributed by atoms with E-state index in [0.717, 1.165) is 34.1 Å². The molecule has 2 aliphatic rings. The number of benzene rings is 2. The zero-order chi connectivity index (χ0) is 31.1. The highest BCUT2D eigenvalue weighted by molar-refractivity contribution is 6.10. The highest BCUT2D eigenvalue weighted by Crippen LogP contribution is 2.39.